The second-order valence-electron chi connectivity index (χ2n) is 2.62. The van der Waals surface area contributed by atoms with Crippen LogP contribution < -0.4 is 4.74 Å². The van der Waals surface area contributed by atoms with E-state index in [0.29, 0.717) is 5.56 Å². The number of hydrogen-bond acceptors (Lipinski definition) is 2. The summed E-state index contributed by atoms with van der Waals surface area (Å²) in [4.78, 5) is 0. The summed E-state index contributed by atoms with van der Waals surface area (Å²) in [6.45, 7) is -1.21. The first-order valence-electron chi connectivity index (χ1n) is 3.82. The van der Waals surface area contributed by atoms with E-state index in [4.69, 9.17) is 5.11 Å². The summed E-state index contributed by atoms with van der Waals surface area (Å²) in [6.07, 6.45) is -0.597. The van der Waals surface area contributed by atoms with Crippen molar-refractivity contribution in [2.24, 2.45) is 0 Å². The van der Waals surface area contributed by atoms with Crippen LogP contribution in [0, 0.1) is 0 Å². The van der Waals surface area contributed by atoms with Gasteiger partial charge in [0, 0.05) is 0 Å². The van der Waals surface area contributed by atoms with Crippen LogP contribution in [0.4, 0.5) is 8.78 Å². The molecule has 0 saturated carbocycles. The molecule has 0 aliphatic rings. The SMILES string of the molecule is C[C@H](O)c1ccc(OC(F)F)cc1. The van der Waals surface area contributed by atoms with Crippen LogP contribution in [0.5, 0.6) is 5.75 Å². The number of halogens is 2. The molecule has 1 N–H and O–H groups in total. The standard InChI is InChI=1S/C9H10F2O2/c1-6(12)7-2-4-8(5-3-7)13-9(10)11/h2-6,9,12H,1H3/t6-/m0/s1. The molecule has 1 aromatic carbocycles. The smallest absolute Gasteiger partial charge is 0.387 e. The van der Waals surface area contributed by atoms with Crippen LogP contribution in [-0.2, 0) is 0 Å². The van der Waals surface area contributed by atoms with Crippen LogP contribution in [-0.4, -0.2) is 11.7 Å². The zero-order valence-electron chi connectivity index (χ0n) is 7.08. The molecular formula is C9H10F2O2. The van der Waals surface area contributed by atoms with Crippen LogP contribution in [0.15, 0.2) is 24.3 Å². The van der Waals surface area contributed by atoms with Gasteiger partial charge < -0.3 is 9.84 Å². The molecule has 0 spiro atoms. The van der Waals surface area contributed by atoms with E-state index in [-0.39, 0.29) is 5.75 Å². The first kappa shape index (κ1) is 9.92. The first-order chi connectivity index (χ1) is 6.09. The number of aliphatic hydroxyl groups is 1. The lowest BCUT2D eigenvalue weighted by Crippen LogP contribution is -2.01. The molecule has 0 unspecified atom stereocenters. The molecule has 1 rings (SSSR count). The van der Waals surface area contributed by atoms with Gasteiger partial charge in [0.1, 0.15) is 5.75 Å². The molecular weight excluding hydrogens is 178 g/mol. The van der Waals surface area contributed by atoms with E-state index in [1.165, 1.54) is 12.1 Å². The molecule has 2 nitrogen and oxygen atoms in total. The largest absolute Gasteiger partial charge is 0.435 e. The highest BCUT2D eigenvalue weighted by molar-refractivity contribution is 5.28. The lowest BCUT2D eigenvalue weighted by Gasteiger charge is -2.06. The Hall–Kier alpha value is -1.16. The van der Waals surface area contributed by atoms with E-state index in [0.717, 1.165) is 0 Å². The summed E-state index contributed by atoms with van der Waals surface area (Å²) in [5.41, 5.74) is 0.668. The summed E-state index contributed by atoms with van der Waals surface area (Å²) in [6, 6.07) is 5.88. The molecule has 72 valence electrons. The van der Waals surface area contributed by atoms with E-state index in [1.54, 1.807) is 19.1 Å². The Labute approximate surface area is 74.8 Å². The van der Waals surface area contributed by atoms with Crippen molar-refractivity contribution in [1.29, 1.82) is 0 Å². The van der Waals surface area contributed by atoms with Gasteiger partial charge in [0.15, 0.2) is 0 Å². The van der Waals surface area contributed by atoms with Crippen molar-refractivity contribution in [3.63, 3.8) is 0 Å². The number of benzene rings is 1. The van der Waals surface area contributed by atoms with Gasteiger partial charge in [-0.15, -0.1) is 0 Å². The van der Waals surface area contributed by atoms with Crippen molar-refractivity contribution in [2.75, 3.05) is 0 Å². The second kappa shape index (κ2) is 4.18. The topological polar surface area (TPSA) is 29.5 Å². The Morgan fingerprint density at radius 3 is 2.15 bits per heavy atom. The van der Waals surface area contributed by atoms with Gasteiger partial charge in [-0.25, -0.2) is 0 Å². The maximum atomic E-state index is 11.7. The number of alkyl halides is 2. The van der Waals surface area contributed by atoms with Gasteiger partial charge in [0.2, 0.25) is 0 Å². The maximum Gasteiger partial charge on any atom is 0.387 e. The third-order valence-corrected chi connectivity index (χ3v) is 1.59. The molecule has 4 heteroatoms. The Bertz CT molecular complexity index is 257. The molecule has 13 heavy (non-hydrogen) atoms. The first-order valence-corrected chi connectivity index (χ1v) is 3.82. The van der Waals surface area contributed by atoms with E-state index in [2.05, 4.69) is 4.74 Å². The third-order valence-electron chi connectivity index (χ3n) is 1.59. The zero-order chi connectivity index (χ0) is 9.84. The van der Waals surface area contributed by atoms with Crippen LogP contribution in [0.1, 0.15) is 18.6 Å². The number of rotatable bonds is 3. The fraction of sp³-hybridized carbons (Fsp3) is 0.333. The molecule has 1 aromatic rings. The predicted molar refractivity (Wildman–Crippen MR) is 43.7 cm³/mol. The average molecular weight is 188 g/mol. The second-order valence-corrected chi connectivity index (χ2v) is 2.62. The van der Waals surface area contributed by atoms with E-state index in [9.17, 15) is 8.78 Å². The van der Waals surface area contributed by atoms with Crippen molar-refractivity contribution < 1.29 is 18.6 Å². The van der Waals surface area contributed by atoms with Crippen LogP contribution in [0.2, 0.25) is 0 Å². The van der Waals surface area contributed by atoms with Crippen LogP contribution >= 0.6 is 0 Å². The molecule has 0 aliphatic heterocycles. The highest BCUT2D eigenvalue weighted by Gasteiger charge is 2.04. The monoisotopic (exact) mass is 188 g/mol. The fourth-order valence-electron chi connectivity index (χ4n) is 0.928. The van der Waals surface area contributed by atoms with Crippen molar-refractivity contribution >= 4 is 0 Å². The molecule has 0 amide bonds. The summed E-state index contributed by atoms with van der Waals surface area (Å²) in [5, 5.41) is 9.11. The lowest BCUT2D eigenvalue weighted by atomic mass is 10.1. The van der Waals surface area contributed by atoms with Gasteiger partial charge in [0.05, 0.1) is 6.10 Å². The van der Waals surface area contributed by atoms with Gasteiger partial charge >= 0.3 is 6.61 Å². The van der Waals surface area contributed by atoms with Crippen molar-refractivity contribution in [3.8, 4) is 5.75 Å². The van der Waals surface area contributed by atoms with Gasteiger partial charge in [0.25, 0.3) is 0 Å². The minimum atomic E-state index is -2.81. The fourth-order valence-corrected chi connectivity index (χ4v) is 0.928. The highest BCUT2D eigenvalue weighted by Crippen LogP contribution is 2.18. The van der Waals surface area contributed by atoms with Gasteiger partial charge in [-0.05, 0) is 24.6 Å². The van der Waals surface area contributed by atoms with Crippen molar-refractivity contribution in [1.82, 2.24) is 0 Å². The maximum absolute atomic E-state index is 11.7. The molecule has 1 atom stereocenters. The van der Waals surface area contributed by atoms with Gasteiger partial charge in [-0.2, -0.15) is 8.78 Å². The summed E-state index contributed by atoms with van der Waals surface area (Å²) >= 11 is 0. The Kier molecular flexibility index (Phi) is 3.19. The molecule has 0 heterocycles. The van der Waals surface area contributed by atoms with Gasteiger partial charge in [-0.1, -0.05) is 12.1 Å². The average Bonchev–Trinajstić information content (AvgIpc) is 2.04. The predicted octanol–water partition coefficient (Wildman–Crippen LogP) is 2.34. The zero-order valence-corrected chi connectivity index (χ0v) is 7.08. The van der Waals surface area contributed by atoms with Crippen LogP contribution in [0.3, 0.4) is 0 Å². The Morgan fingerprint density at radius 1 is 1.23 bits per heavy atom. The number of aliphatic hydroxyl groups excluding tert-OH is 1. The number of hydrogen-bond donors (Lipinski definition) is 1. The highest BCUT2D eigenvalue weighted by atomic mass is 19.3. The Balaban J connectivity index is 2.70. The molecule has 0 saturated heterocycles. The molecule has 0 fully saturated rings. The third kappa shape index (κ3) is 2.99. The lowest BCUT2D eigenvalue weighted by molar-refractivity contribution is -0.0498. The van der Waals surface area contributed by atoms with E-state index < -0.39 is 12.7 Å². The molecule has 0 radical (unpaired) electrons. The van der Waals surface area contributed by atoms with Crippen molar-refractivity contribution in [3.05, 3.63) is 29.8 Å². The molecule has 0 bridgehead atoms. The van der Waals surface area contributed by atoms with Gasteiger partial charge in [-0.3, -0.25) is 0 Å². The Morgan fingerprint density at radius 2 is 1.77 bits per heavy atom. The summed E-state index contributed by atoms with van der Waals surface area (Å²) in [5.74, 6) is 0.0967. The summed E-state index contributed by atoms with van der Waals surface area (Å²) < 4.78 is 27.5. The number of ether oxygens (including phenoxy) is 1. The van der Waals surface area contributed by atoms with E-state index >= 15 is 0 Å². The summed E-state index contributed by atoms with van der Waals surface area (Å²) in [7, 11) is 0. The quantitative estimate of drug-likeness (QED) is 0.788. The minimum Gasteiger partial charge on any atom is -0.435 e. The normalized spacial score (nSPS) is 13.0. The molecule has 0 aliphatic carbocycles. The molecule has 0 aromatic heterocycles. The minimum absolute atomic E-state index is 0.0967. The van der Waals surface area contributed by atoms with Crippen molar-refractivity contribution in [2.45, 2.75) is 19.6 Å². The van der Waals surface area contributed by atoms with E-state index in [1.807, 2.05) is 0 Å². The van der Waals surface area contributed by atoms with Crippen LogP contribution in [0.25, 0.3) is 0 Å².